The van der Waals surface area contributed by atoms with Gasteiger partial charge in [0.2, 0.25) is 0 Å². The molecule has 7 N–H and O–H groups in total. The molecule has 0 fully saturated rings. The average Bonchev–Trinajstić information content (AvgIpc) is 2.68. The van der Waals surface area contributed by atoms with Gasteiger partial charge in [0.05, 0.1) is 0 Å². The van der Waals surface area contributed by atoms with Crippen LogP contribution >= 0.6 is 0 Å². The normalized spacial score (nSPS) is 13.0. The molecule has 0 aromatic rings. The third-order valence-corrected chi connectivity index (χ3v) is 5.41. The molecular formula is C22H44N4O3. The Labute approximate surface area is 176 Å². The number of hydrogen-bond acceptors (Lipinski definition) is 4. The van der Waals surface area contributed by atoms with E-state index in [9.17, 15) is 14.7 Å². The lowest BCUT2D eigenvalue weighted by atomic mass is 9.87. The fraction of sp³-hybridized carbons (Fsp3) is 0.864. The van der Waals surface area contributed by atoms with Crippen molar-refractivity contribution in [2.24, 2.45) is 22.2 Å². The van der Waals surface area contributed by atoms with Gasteiger partial charge in [0, 0.05) is 13.0 Å². The Morgan fingerprint density at radius 3 is 1.66 bits per heavy atom. The van der Waals surface area contributed by atoms with E-state index in [0.29, 0.717) is 12.8 Å². The van der Waals surface area contributed by atoms with Crippen LogP contribution in [-0.4, -0.2) is 34.9 Å². The van der Waals surface area contributed by atoms with Crippen LogP contribution in [0.2, 0.25) is 0 Å². The molecule has 0 saturated heterocycles. The maximum absolute atomic E-state index is 12.3. The third kappa shape index (κ3) is 14.1. The summed E-state index contributed by atoms with van der Waals surface area (Å²) in [4.78, 5) is 27.6. The van der Waals surface area contributed by atoms with Crippen LogP contribution in [0.15, 0.2) is 4.99 Å². The summed E-state index contributed by atoms with van der Waals surface area (Å²) in [6, 6.07) is 0. The van der Waals surface area contributed by atoms with Gasteiger partial charge in [0.25, 0.3) is 0 Å². The van der Waals surface area contributed by atoms with Gasteiger partial charge in [-0.2, -0.15) is 0 Å². The number of aliphatic carboxylic acids is 1. The maximum atomic E-state index is 12.3. The molecular weight excluding hydrogens is 368 g/mol. The molecule has 170 valence electrons. The van der Waals surface area contributed by atoms with Gasteiger partial charge in [-0.05, 0) is 19.3 Å². The second-order valence-corrected chi connectivity index (χ2v) is 8.10. The molecule has 0 bridgehead atoms. The number of carbonyl (C=O) groups is 2. The number of ketones is 1. The highest BCUT2D eigenvalue weighted by atomic mass is 16.4. The van der Waals surface area contributed by atoms with Gasteiger partial charge in [0.15, 0.2) is 17.3 Å². The minimum atomic E-state index is -1.84. The molecule has 0 aromatic heterocycles. The molecule has 0 aromatic carbocycles. The largest absolute Gasteiger partial charge is 0.480 e. The number of carboxylic acid groups (broad SMARTS) is 1. The second-order valence-electron chi connectivity index (χ2n) is 8.10. The van der Waals surface area contributed by atoms with Gasteiger partial charge in [0.1, 0.15) is 0 Å². The Morgan fingerprint density at radius 2 is 1.24 bits per heavy atom. The first kappa shape index (κ1) is 27.4. The summed E-state index contributed by atoms with van der Waals surface area (Å²) >= 11 is 0. The maximum Gasteiger partial charge on any atom is 0.331 e. The van der Waals surface area contributed by atoms with Crippen LogP contribution in [0, 0.1) is 0 Å². The van der Waals surface area contributed by atoms with Gasteiger partial charge in [-0.1, -0.05) is 84.0 Å². The SMILES string of the molecule is CCCCCCCCCCCCCCCC(=O)[C@](N)(CCCN=C(N)N)C(=O)O. The van der Waals surface area contributed by atoms with E-state index in [-0.39, 0.29) is 25.3 Å². The number of Topliss-reactive ketones (excluding diaryl/α,β-unsaturated/α-hetero) is 1. The molecule has 7 heteroatoms. The number of guanidine groups is 1. The van der Waals surface area contributed by atoms with E-state index in [2.05, 4.69) is 11.9 Å². The summed E-state index contributed by atoms with van der Waals surface area (Å²) in [6.07, 6.45) is 16.4. The fourth-order valence-electron chi connectivity index (χ4n) is 3.46. The topological polar surface area (TPSA) is 145 Å². The number of aliphatic imine (C=N–C) groups is 1. The predicted molar refractivity (Wildman–Crippen MR) is 120 cm³/mol. The Bertz CT molecular complexity index is 479. The average molecular weight is 413 g/mol. The van der Waals surface area contributed by atoms with Gasteiger partial charge in [-0.15, -0.1) is 0 Å². The van der Waals surface area contributed by atoms with E-state index in [0.717, 1.165) is 12.8 Å². The summed E-state index contributed by atoms with van der Waals surface area (Å²) in [5.74, 6) is -1.74. The Kier molecular flexibility index (Phi) is 16.3. The lowest BCUT2D eigenvalue weighted by molar-refractivity contribution is -0.148. The molecule has 29 heavy (non-hydrogen) atoms. The second kappa shape index (κ2) is 17.2. The molecule has 0 heterocycles. The van der Waals surface area contributed by atoms with E-state index in [1.54, 1.807) is 0 Å². The van der Waals surface area contributed by atoms with Crippen LogP contribution in [0.4, 0.5) is 0 Å². The molecule has 0 saturated carbocycles. The molecule has 1 atom stereocenters. The van der Waals surface area contributed by atoms with Crippen molar-refractivity contribution >= 4 is 17.7 Å². The molecule has 0 aliphatic rings. The van der Waals surface area contributed by atoms with Crippen LogP contribution in [0.25, 0.3) is 0 Å². The molecule has 0 rings (SSSR count). The highest BCUT2D eigenvalue weighted by molar-refractivity contribution is 6.07. The van der Waals surface area contributed by atoms with Crippen LogP contribution in [0.5, 0.6) is 0 Å². The van der Waals surface area contributed by atoms with Crippen LogP contribution in [0.3, 0.4) is 0 Å². The van der Waals surface area contributed by atoms with Gasteiger partial charge in [-0.3, -0.25) is 9.79 Å². The molecule has 0 spiro atoms. The first-order valence-corrected chi connectivity index (χ1v) is 11.5. The molecule has 7 nitrogen and oxygen atoms in total. The zero-order valence-corrected chi connectivity index (χ0v) is 18.5. The van der Waals surface area contributed by atoms with Crippen molar-refractivity contribution in [3.05, 3.63) is 0 Å². The van der Waals surface area contributed by atoms with E-state index in [1.165, 1.54) is 64.2 Å². The Balaban J connectivity index is 3.81. The van der Waals surface area contributed by atoms with E-state index in [4.69, 9.17) is 17.2 Å². The van der Waals surface area contributed by atoms with E-state index >= 15 is 0 Å². The van der Waals surface area contributed by atoms with Crippen LogP contribution in [-0.2, 0) is 9.59 Å². The fourth-order valence-corrected chi connectivity index (χ4v) is 3.46. The van der Waals surface area contributed by atoms with Gasteiger partial charge in [-0.25, -0.2) is 4.79 Å². The summed E-state index contributed by atoms with van der Waals surface area (Å²) in [6.45, 7) is 2.51. The lowest BCUT2D eigenvalue weighted by Gasteiger charge is -2.23. The first-order chi connectivity index (χ1) is 13.8. The third-order valence-electron chi connectivity index (χ3n) is 5.41. The summed E-state index contributed by atoms with van der Waals surface area (Å²) in [7, 11) is 0. The standard InChI is InChI=1S/C22H44N4O3/c1-2-3-4-5-6-7-8-9-10-11-12-13-14-16-19(27)22(25,20(28)29)17-15-18-26-21(23)24/h2-18,25H2,1H3,(H,28,29)(H4,23,24,26)/t22-/m1/s1. The van der Waals surface area contributed by atoms with Gasteiger partial charge < -0.3 is 22.3 Å². The minimum absolute atomic E-state index is 0.0381. The number of rotatable bonds is 20. The minimum Gasteiger partial charge on any atom is -0.480 e. The molecule has 0 amide bonds. The molecule has 0 radical (unpaired) electrons. The number of nitrogens with two attached hydrogens (primary N) is 3. The van der Waals surface area contributed by atoms with Crippen LogP contribution < -0.4 is 17.2 Å². The van der Waals surface area contributed by atoms with Crippen molar-refractivity contribution in [2.75, 3.05) is 6.54 Å². The van der Waals surface area contributed by atoms with Crippen molar-refractivity contribution in [2.45, 2.75) is 115 Å². The van der Waals surface area contributed by atoms with Crippen molar-refractivity contribution in [1.82, 2.24) is 0 Å². The quantitative estimate of drug-likeness (QED) is 0.103. The smallest absolute Gasteiger partial charge is 0.331 e. The van der Waals surface area contributed by atoms with Crippen molar-refractivity contribution in [1.29, 1.82) is 0 Å². The number of nitrogens with zero attached hydrogens (tertiary/aromatic N) is 1. The molecule has 0 aliphatic carbocycles. The number of unbranched alkanes of at least 4 members (excludes halogenated alkanes) is 12. The predicted octanol–water partition coefficient (Wildman–Crippen LogP) is 3.87. The van der Waals surface area contributed by atoms with E-state index < -0.39 is 17.3 Å². The van der Waals surface area contributed by atoms with Gasteiger partial charge >= 0.3 is 5.97 Å². The zero-order valence-electron chi connectivity index (χ0n) is 18.5. The van der Waals surface area contributed by atoms with Crippen molar-refractivity contribution < 1.29 is 14.7 Å². The number of hydrogen-bond donors (Lipinski definition) is 4. The van der Waals surface area contributed by atoms with E-state index in [1.807, 2.05) is 0 Å². The summed E-state index contributed by atoms with van der Waals surface area (Å²) in [5.41, 5.74) is 14.5. The first-order valence-electron chi connectivity index (χ1n) is 11.5. The summed E-state index contributed by atoms with van der Waals surface area (Å²) < 4.78 is 0. The zero-order chi connectivity index (χ0) is 22.0. The highest BCUT2D eigenvalue weighted by Crippen LogP contribution is 2.18. The molecule has 0 unspecified atom stereocenters. The Hall–Kier alpha value is -1.63. The Morgan fingerprint density at radius 1 is 0.793 bits per heavy atom. The highest BCUT2D eigenvalue weighted by Gasteiger charge is 2.40. The van der Waals surface area contributed by atoms with Crippen LogP contribution in [0.1, 0.15) is 110 Å². The van der Waals surface area contributed by atoms with Crippen molar-refractivity contribution in [3.8, 4) is 0 Å². The molecule has 0 aliphatic heterocycles. The summed E-state index contributed by atoms with van der Waals surface area (Å²) in [5, 5.41) is 9.38. The lowest BCUT2D eigenvalue weighted by Crippen LogP contribution is -2.55. The monoisotopic (exact) mass is 412 g/mol. The number of carboxylic acids is 1. The number of carbonyl (C=O) groups excluding carboxylic acids is 1. The van der Waals surface area contributed by atoms with Crippen molar-refractivity contribution in [3.63, 3.8) is 0 Å².